The summed E-state index contributed by atoms with van der Waals surface area (Å²) in [7, 11) is 0. The minimum atomic E-state index is -0.386. The van der Waals surface area contributed by atoms with E-state index in [1.54, 1.807) is 4.90 Å². The maximum absolute atomic E-state index is 13.0. The van der Waals surface area contributed by atoms with E-state index in [0.717, 1.165) is 46.7 Å². The summed E-state index contributed by atoms with van der Waals surface area (Å²) in [5.41, 5.74) is 6.57. The van der Waals surface area contributed by atoms with Gasteiger partial charge in [0.2, 0.25) is 17.8 Å². The van der Waals surface area contributed by atoms with E-state index in [1.165, 1.54) is 0 Å². The van der Waals surface area contributed by atoms with Gasteiger partial charge in [0, 0.05) is 41.4 Å². The van der Waals surface area contributed by atoms with Crippen molar-refractivity contribution in [2.24, 2.45) is 5.92 Å². The Morgan fingerprint density at radius 2 is 1.56 bits per heavy atom. The highest BCUT2D eigenvalue weighted by Gasteiger charge is 2.36. The topological polar surface area (TPSA) is 87.2 Å². The molecule has 1 atom stereocenters. The molecule has 2 heterocycles. The fraction of sp³-hybridized carbons (Fsp3) is 0.333. The Kier molecular flexibility index (Phi) is 6.91. The fourth-order valence-corrected chi connectivity index (χ4v) is 4.45. The van der Waals surface area contributed by atoms with Crippen molar-refractivity contribution in [1.29, 1.82) is 0 Å². The van der Waals surface area contributed by atoms with Gasteiger partial charge < -0.3 is 15.5 Å². The molecule has 1 aliphatic heterocycles. The Morgan fingerprint density at radius 1 is 0.971 bits per heavy atom. The van der Waals surface area contributed by atoms with Gasteiger partial charge in [-0.2, -0.15) is 0 Å². The van der Waals surface area contributed by atoms with Gasteiger partial charge in [-0.1, -0.05) is 32.0 Å². The second-order valence-electron chi connectivity index (χ2n) is 8.70. The van der Waals surface area contributed by atoms with E-state index in [2.05, 4.69) is 46.6 Å². The van der Waals surface area contributed by atoms with E-state index in [9.17, 15) is 9.59 Å². The molecule has 7 heteroatoms. The Hall–Kier alpha value is -3.74. The lowest BCUT2D eigenvalue weighted by Gasteiger charge is -2.23. The molecule has 2 amide bonds. The highest BCUT2D eigenvalue weighted by Crippen LogP contribution is 2.33. The summed E-state index contributed by atoms with van der Waals surface area (Å²) in [6.07, 6.45) is 1.91. The van der Waals surface area contributed by atoms with Gasteiger partial charge in [0.05, 0.1) is 5.92 Å². The molecule has 1 aliphatic rings. The summed E-state index contributed by atoms with van der Waals surface area (Å²) < 4.78 is 0. The number of rotatable bonds is 7. The zero-order chi connectivity index (χ0) is 24.2. The van der Waals surface area contributed by atoms with E-state index in [-0.39, 0.29) is 24.2 Å². The molecule has 3 aromatic rings. The largest absolute Gasteiger partial charge is 0.326 e. The Labute approximate surface area is 200 Å². The molecule has 1 saturated heterocycles. The molecule has 1 aromatic heterocycles. The third kappa shape index (κ3) is 5.09. The third-order valence-corrected chi connectivity index (χ3v) is 6.12. The molecular formula is C27H31N5O2. The van der Waals surface area contributed by atoms with Gasteiger partial charge in [-0.25, -0.2) is 9.97 Å². The molecule has 0 aliphatic carbocycles. The van der Waals surface area contributed by atoms with Gasteiger partial charge in [0.1, 0.15) is 0 Å². The van der Waals surface area contributed by atoms with Crippen LogP contribution < -0.4 is 15.5 Å². The number of amides is 2. The molecular weight excluding hydrogens is 426 g/mol. The summed E-state index contributed by atoms with van der Waals surface area (Å²) in [6, 6.07) is 15.5. The summed E-state index contributed by atoms with van der Waals surface area (Å²) >= 11 is 0. The van der Waals surface area contributed by atoms with Crippen LogP contribution in [0.2, 0.25) is 0 Å². The molecule has 176 valence electrons. The zero-order valence-electron chi connectivity index (χ0n) is 20.2. The molecule has 34 heavy (non-hydrogen) atoms. The van der Waals surface area contributed by atoms with E-state index < -0.39 is 0 Å². The van der Waals surface area contributed by atoms with Crippen molar-refractivity contribution in [3.8, 4) is 0 Å². The number of hydrogen-bond donors (Lipinski definition) is 2. The van der Waals surface area contributed by atoms with Gasteiger partial charge in [0.15, 0.2) is 0 Å². The number of carbonyl (C=O) groups is 2. The molecule has 0 radical (unpaired) electrons. The van der Waals surface area contributed by atoms with Crippen LogP contribution >= 0.6 is 0 Å². The standard InChI is InChI=1S/C27H31N5O2/c1-5-19-8-7-9-20(6-2)25(19)32-16-21(15-24(32)33)26(34)30-22-10-12-23(13-11-22)31-27-28-17(3)14-18(4)29-27/h7-14,21H,5-6,15-16H2,1-4H3,(H,30,34)(H,28,29,31). The first-order valence-electron chi connectivity index (χ1n) is 11.8. The molecule has 2 aromatic carbocycles. The Bertz CT molecular complexity index is 1160. The van der Waals surface area contributed by atoms with E-state index >= 15 is 0 Å². The zero-order valence-corrected chi connectivity index (χ0v) is 20.2. The molecule has 4 rings (SSSR count). The minimum Gasteiger partial charge on any atom is -0.326 e. The molecule has 1 unspecified atom stereocenters. The van der Waals surface area contributed by atoms with Crippen LogP contribution in [-0.2, 0) is 22.4 Å². The van der Waals surface area contributed by atoms with Crippen LogP contribution in [0.4, 0.5) is 23.0 Å². The number of nitrogens with one attached hydrogen (secondary N) is 2. The van der Waals surface area contributed by atoms with Crippen LogP contribution in [0, 0.1) is 19.8 Å². The number of benzene rings is 2. The predicted molar refractivity (Wildman–Crippen MR) is 136 cm³/mol. The second kappa shape index (κ2) is 10.0. The Balaban J connectivity index is 1.42. The average molecular weight is 458 g/mol. The summed E-state index contributed by atoms with van der Waals surface area (Å²) in [5.74, 6) is 0.0196. The Morgan fingerprint density at radius 3 is 2.15 bits per heavy atom. The van der Waals surface area contributed by atoms with E-state index in [0.29, 0.717) is 18.2 Å². The first-order chi connectivity index (χ1) is 16.4. The SMILES string of the molecule is CCc1cccc(CC)c1N1CC(C(=O)Nc2ccc(Nc3nc(C)cc(C)n3)cc2)CC1=O. The number of aromatic nitrogens is 2. The first-order valence-corrected chi connectivity index (χ1v) is 11.8. The summed E-state index contributed by atoms with van der Waals surface area (Å²) in [6.45, 7) is 8.44. The van der Waals surface area contributed by atoms with E-state index in [4.69, 9.17) is 0 Å². The van der Waals surface area contributed by atoms with Crippen molar-refractivity contribution < 1.29 is 9.59 Å². The van der Waals surface area contributed by atoms with Crippen LogP contribution in [-0.4, -0.2) is 28.3 Å². The second-order valence-corrected chi connectivity index (χ2v) is 8.70. The number of nitrogens with zero attached hydrogens (tertiary/aromatic N) is 3. The minimum absolute atomic E-state index is 0.00347. The lowest BCUT2D eigenvalue weighted by molar-refractivity contribution is -0.122. The van der Waals surface area contributed by atoms with Crippen molar-refractivity contribution in [3.63, 3.8) is 0 Å². The third-order valence-electron chi connectivity index (χ3n) is 6.12. The molecule has 2 N–H and O–H groups in total. The quantitative estimate of drug-likeness (QED) is 0.524. The maximum Gasteiger partial charge on any atom is 0.229 e. The van der Waals surface area contributed by atoms with Gasteiger partial charge in [0.25, 0.3) is 0 Å². The van der Waals surface area contributed by atoms with Gasteiger partial charge in [-0.05, 0) is 68.1 Å². The van der Waals surface area contributed by atoms with Crippen molar-refractivity contribution in [1.82, 2.24) is 9.97 Å². The highest BCUT2D eigenvalue weighted by atomic mass is 16.2. The smallest absolute Gasteiger partial charge is 0.229 e. The van der Waals surface area contributed by atoms with Crippen molar-refractivity contribution >= 4 is 34.8 Å². The normalized spacial score (nSPS) is 15.5. The van der Waals surface area contributed by atoms with Crippen molar-refractivity contribution in [3.05, 3.63) is 71.0 Å². The number of hydrogen-bond acceptors (Lipinski definition) is 5. The molecule has 0 bridgehead atoms. The van der Waals surface area contributed by atoms with E-state index in [1.807, 2.05) is 50.2 Å². The average Bonchev–Trinajstić information content (AvgIpc) is 3.20. The molecule has 0 saturated carbocycles. The van der Waals surface area contributed by atoms with Crippen molar-refractivity contribution in [2.75, 3.05) is 22.1 Å². The molecule has 7 nitrogen and oxygen atoms in total. The number of carbonyl (C=O) groups excluding carboxylic acids is 2. The fourth-order valence-electron chi connectivity index (χ4n) is 4.45. The summed E-state index contributed by atoms with van der Waals surface area (Å²) in [4.78, 5) is 36.4. The van der Waals surface area contributed by atoms with Gasteiger partial charge in [-0.15, -0.1) is 0 Å². The van der Waals surface area contributed by atoms with Gasteiger partial charge >= 0.3 is 0 Å². The van der Waals surface area contributed by atoms with Crippen LogP contribution in [0.25, 0.3) is 0 Å². The number of aryl methyl sites for hydroxylation is 4. The van der Waals surface area contributed by atoms with Crippen LogP contribution in [0.3, 0.4) is 0 Å². The van der Waals surface area contributed by atoms with Crippen LogP contribution in [0.1, 0.15) is 42.8 Å². The number of anilines is 4. The predicted octanol–water partition coefficient (Wildman–Crippen LogP) is 4.95. The highest BCUT2D eigenvalue weighted by molar-refractivity contribution is 6.04. The monoisotopic (exact) mass is 457 g/mol. The van der Waals surface area contributed by atoms with Crippen LogP contribution in [0.15, 0.2) is 48.5 Å². The summed E-state index contributed by atoms with van der Waals surface area (Å²) in [5, 5.41) is 6.15. The molecule has 0 spiro atoms. The molecule has 1 fully saturated rings. The first kappa shape index (κ1) is 23.4. The van der Waals surface area contributed by atoms with Gasteiger partial charge in [-0.3, -0.25) is 9.59 Å². The van der Waals surface area contributed by atoms with Crippen molar-refractivity contribution in [2.45, 2.75) is 47.0 Å². The number of para-hydroxylation sites is 1. The van der Waals surface area contributed by atoms with Crippen LogP contribution in [0.5, 0.6) is 0 Å². The lowest BCUT2D eigenvalue weighted by Crippen LogP contribution is -2.29. The maximum atomic E-state index is 13.0. The lowest BCUT2D eigenvalue weighted by atomic mass is 10.0.